The van der Waals surface area contributed by atoms with Crippen molar-refractivity contribution < 1.29 is 14.4 Å². The molecule has 0 atom stereocenters. The molecule has 0 aliphatic heterocycles. The molecular weight excluding hydrogens is 861 g/mol. The fourth-order valence-electron chi connectivity index (χ4n) is 9.82. The van der Waals surface area contributed by atoms with E-state index in [1.54, 1.807) is 20.8 Å². The molecule has 0 amide bonds. The number of hydrogen-bond acceptors (Lipinski definition) is 7. The highest BCUT2D eigenvalue weighted by Gasteiger charge is 2.22. The fraction of sp³-hybridized carbons (Fsp3) is 0.349. The van der Waals surface area contributed by atoms with Crippen molar-refractivity contribution in [2.24, 2.45) is 0 Å². The molecule has 4 aliphatic carbocycles. The van der Waals surface area contributed by atoms with Gasteiger partial charge in [-0.15, -0.1) is 0 Å². The standard InChI is InChI=1S/2C16H15NO.C16H17N.C11H13NO.2C2H6/c2*1-11(18)15-10-13-8-5-9-14(13)16(17-15)12-6-3-2-4-7-12;1-2-14-11-13-9-6-10-15(13)16(17-14)12-7-4-3-5-8-12;1-7-10-5-3-4-9(10)6-11(12-7)8(2)13;2*1-2/h2*2-4,6-7,10H,5,8-9H2,1H3;3-5,7-8,11H,2,6,9-10H2,1H3;6H,3-5H2,1-2H3;2*1-2H3. The number of carbonyl (C=O) groups excluding carboxylic acids is 3. The quantitative estimate of drug-likeness (QED) is 0.147. The van der Waals surface area contributed by atoms with Crippen molar-refractivity contribution in [1.82, 2.24) is 19.9 Å². The van der Waals surface area contributed by atoms with E-state index >= 15 is 0 Å². The number of aromatic nitrogens is 4. The van der Waals surface area contributed by atoms with Gasteiger partial charge in [0, 0.05) is 48.8 Å². The van der Waals surface area contributed by atoms with Crippen molar-refractivity contribution >= 4 is 17.3 Å². The average Bonchev–Trinajstić information content (AvgIpc) is 4.26. The van der Waals surface area contributed by atoms with Gasteiger partial charge in [0.05, 0.1) is 17.1 Å². The van der Waals surface area contributed by atoms with Gasteiger partial charge < -0.3 is 0 Å². The number of aryl methyl sites for hydroxylation is 6. The summed E-state index contributed by atoms with van der Waals surface area (Å²) in [6.07, 6.45) is 14.8. The number of Topliss-reactive ketones (excluding diaryl/α,β-unsaturated/α-hetero) is 3. The van der Waals surface area contributed by atoms with E-state index in [-0.39, 0.29) is 17.3 Å². The lowest BCUT2D eigenvalue weighted by Gasteiger charge is -2.10. The molecule has 7 nitrogen and oxygen atoms in total. The molecule has 4 heterocycles. The molecule has 0 fully saturated rings. The van der Waals surface area contributed by atoms with Crippen LogP contribution in [0.2, 0.25) is 0 Å². The number of ketones is 3. The zero-order chi connectivity index (χ0) is 50.2. The number of nitrogens with zero attached hydrogens (tertiary/aromatic N) is 4. The van der Waals surface area contributed by atoms with Crippen molar-refractivity contribution in [3.8, 4) is 33.8 Å². The summed E-state index contributed by atoms with van der Waals surface area (Å²) in [6.45, 7) is 16.9. The minimum Gasteiger partial charge on any atom is -0.293 e. The summed E-state index contributed by atoms with van der Waals surface area (Å²) >= 11 is 0. The van der Waals surface area contributed by atoms with Crippen LogP contribution in [-0.4, -0.2) is 37.3 Å². The normalized spacial score (nSPS) is 13.0. The van der Waals surface area contributed by atoms with Gasteiger partial charge in [0.15, 0.2) is 17.3 Å². The van der Waals surface area contributed by atoms with Gasteiger partial charge in [-0.2, -0.15) is 0 Å². The zero-order valence-electron chi connectivity index (χ0n) is 43.2. The van der Waals surface area contributed by atoms with Crippen LogP contribution in [0.5, 0.6) is 0 Å². The molecule has 70 heavy (non-hydrogen) atoms. The second kappa shape index (κ2) is 25.8. The number of fused-ring (bicyclic) bond motifs is 4. The maximum Gasteiger partial charge on any atom is 0.178 e. The molecule has 0 saturated heterocycles. The molecule has 7 heteroatoms. The van der Waals surface area contributed by atoms with Crippen LogP contribution in [0.25, 0.3) is 33.8 Å². The van der Waals surface area contributed by atoms with E-state index in [1.807, 2.05) is 89.2 Å². The highest BCUT2D eigenvalue weighted by molar-refractivity contribution is 5.94. The number of pyridine rings is 4. The molecule has 0 saturated carbocycles. The Morgan fingerprint density at radius 3 is 1.04 bits per heavy atom. The van der Waals surface area contributed by atoms with Gasteiger partial charge in [-0.05, 0) is 159 Å². The average molecular weight is 933 g/mol. The number of hydrogen-bond donors (Lipinski definition) is 0. The Labute approximate surface area is 417 Å². The van der Waals surface area contributed by atoms with Gasteiger partial charge in [-0.3, -0.25) is 19.4 Å². The van der Waals surface area contributed by atoms with Crippen molar-refractivity contribution in [2.75, 3.05) is 0 Å². The highest BCUT2D eigenvalue weighted by atomic mass is 16.1. The summed E-state index contributed by atoms with van der Waals surface area (Å²) in [7, 11) is 0. The molecule has 11 rings (SSSR count). The zero-order valence-corrected chi connectivity index (χ0v) is 43.2. The smallest absolute Gasteiger partial charge is 0.178 e. The van der Waals surface area contributed by atoms with E-state index in [0.717, 1.165) is 86.0 Å². The lowest BCUT2D eigenvalue weighted by Crippen LogP contribution is -2.02. The molecule has 4 aliphatic rings. The first-order valence-electron chi connectivity index (χ1n) is 25.8. The summed E-state index contributed by atoms with van der Waals surface area (Å²) in [5, 5.41) is 0. The molecule has 0 N–H and O–H groups in total. The molecule has 7 aromatic rings. The van der Waals surface area contributed by atoms with Gasteiger partial charge >= 0.3 is 0 Å². The second-order valence-electron chi connectivity index (χ2n) is 17.9. The van der Waals surface area contributed by atoms with Crippen molar-refractivity contribution in [3.63, 3.8) is 0 Å². The van der Waals surface area contributed by atoms with Gasteiger partial charge in [0.1, 0.15) is 17.1 Å². The van der Waals surface area contributed by atoms with Crippen LogP contribution in [0.4, 0.5) is 0 Å². The molecule has 0 unspecified atom stereocenters. The third-order valence-electron chi connectivity index (χ3n) is 13.2. The molecular formula is C63H72N4O3. The summed E-state index contributed by atoms with van der Waals surface area (Å²) < 4.78 is 0. The van der Waals surface area contributed by atoms with E-state index in [1.165, 1.54) is 87.1 Å². The van der Waals surface area contributed by atoms with E-state index < -0.39 is 0 Å². The van der Waals surface area contributed by atoms with Crippen molar-refractivity contribution in [3.05, 3.63) is 188 Å². The van der Waals surface area contributed by atoms with Crippen LogP contribution >= 0.6 is 0 Å². The largest absolute Gasteiger partial charge is 0.293 e. The van der Waals surface area contributed by atoms with Gasteiger partial charge in [-0.1, -0.05) is 126 Å². The van der Waals surface area contributed by atoms with E-state index in [2.05, 4.69) is 82.5 Å². The topological polar surface area (TPSA) is 103 Å². The Balaban J connectivity index is 0.000000150. The Hall–Kier alpha value is -6.73. The third kappa shape index (κ3) is 12.9. The maximum absolute atomic E-state index is 11.6. The van der Waals surface area contributed by atoms with Crippen LogP contribution in [0.15, 0.2) is 115 Å². The van der Waals surface area contributed by atoms with E-state index in [0.29, 0.717) is 17.1 Å². The molecule has 362 valence electrons. The summed E-state index contributed by atoms with van der Waals surface area (Å²) in [5.74, 6) is 0.154. The summed E-state index contributed by atoms with van der Waals surface area (Å²) in [4.78, 5) is 52.5. The Kier molecular flexibility index (Phi) is 19.4. The number of rotatable bonds is 7. The predicted molar refractivity (Wildman–Crippen MR) is 288 cm³/mol. The Morgan fingerprint density at radius 1 is 0.400 bits per heavy atom. The maximum atomic E-state index is 11.6. The lowest BCUT2D eigenvalue weighted by atomic mass is 10.0. The van der Waals surface area contributed by atoms with Crippen LogP contribution in [0, 0.1) is 6.92 Å². The first kappa shape index (κ1) is 52.6. The first-order valence-corrected chi connectivity index (χ1v) is 25.8. The van der Waals surface area contributed by atoms with Gasteiger partial charge in [0.2, 0.25) is 0 Å². The van der Waals surface area contributed by atoms with Crippen LogP contribution in [-0.2, 0) is 57.8 Å². The third-order valence-corrected chi connectivity index (χ3v) is 13.2. The van der Waals surface area contributed by atoms with Crippen molar-refractivity contribution in [2.45, 2.75) is 146 Å². The molecule has 3 aromatic carbocycles. The number of carbonyl (C=O) groups is 3. The number of benzene rings is 3. The molecule has 0 bridgehead atoms. The van der Waals surface area contributed by atoms with Gasteiger partial charge in [-0.25, -0.2) is 15.0 Å². The van der Waals surface area contributed by atoms with Crippen LogP contribution < -0.4 is 0 Å². The molecule has 0 radical (unpaired) electrons. The predicted octanol–water partition coefficient (Wildman–Crippen LogP) is 14.8. The molecule has 4 aromatic heterocycles. The molecule has 0 spiro atoms. The highest BCUT2D eigenvalue weighted by Crippen LogP contribution is 2.34. The lowest BCUT2D eigenvalue weighted by molar-refractivity contribution is 0.1000. The summed E-state index contributed by atoms with van der Waals surface area (Å²) in [5.41, 5.74) is 21.7. The SMILES string of the molecule is CC.CC.CC(=O)c1cc2c(c(-c3ccccc3)n1)CCC2.CC(=O)c1cc2c(c(-c3ccccc3)n1)CCC2.CC(=O)c1cc2c(c(C)n1)CCC2.CCc1cc2c(c(-c3ccccc3)n1)CCC2. The minimum atomic E-state index is 0.0434. The Bertz CT molecular complexity index is 2780. The van der Waals surface area contributed by atoms with Gasteiger partial charge in [0.25, 0.3) is 0 Å². The van der Waals surface area contributed by atoms with E-state index in [4.69, 9.17) is 4.98 Å². The monoisotopic (exact) mass is 933 g/mol. The Morgan fingerprint density at radius 2 is 0.700 bits per heavy atom. The van der Waals surface area contributed by atoms with Crippen LogP contribution in [0.3, 0.4) is 0 Å². The van der Waals surface area contributed by atoms with E-state index in [9.17, 15) is 14.4 Å². The summed E-state index contributed by atoms with van der Waals surface area (Å²) in [6, 6.07) is 39.1. The minimum absolute atomic E-state index is 0.0434. The van der Waals surface area contributed by atoms with Crippen LogP contribution in [0.1, 0.15) is 168 Å². The van der Waals surface area contributed by atoms with Crippen molar-refractivity contribution in [1.29, 1.82) is 0 Å². The first-order chi connectivity index (χ1) is 34.1. The fourth-order valence-corrected chi connectivity index (χ4v) is 9.82. The second-order valence-corrected chi connectivity index (χ2v) is 17.9.